The molecule has 9 heteroatoms. The first-order valence-electron chi connectivity index (χ1n) is 8.34. The number of nitrogens with one attached hydrogen (secondary N) is 1. The summed E-state index contributed by atoms with van der Waals surface area (Å²) < 4.78 is 8.46. The number of carbonyl (C=O) groups is 1. The van der Waals surface area contributed by atoms with Gasteiger partial charge in [-0.05, 0) is 18.6 Å². The van der Waals surface area contributed by atoms with Crippen molar-refractivity contribution in [3.05, 3.63) is 35.4 Å². The average molecular weight is 348 g/mol. The fourth-order valence-electron chi connectivity index (χ4n) is 2.97. The molecule has 2 amide bonds. The van der Waals surface area contributed by atoms with Crippen LogP contribution < -0.4 is 5.32 Å². The SMILES string of the molecule is COCCNC(=O)N1CCCn2nc([C@@H](O)c3ccnn3C)cc2C1. The van der Waals surface area contributed by atoms with Crippen LogP contribution in [0.1, 0.15) is 29.6 Å². The molecule has 0 unspecified atom stereocenters. The van der Waals surface area contributed by atoms with E-state index in [0.717, 1.165) is 18.7 Å². The Morgan fingerprint density at radius 1 is 1.48 bits per heavy atom. The fourth-order valence-corrected chi connectivity index (χ4v) is 2.97. The molecule has 0 fully saturated rings. The van der Waals surface area contributed by atoms with Gasteiger partial charge in [0.2, 0.25) is 0 Å². The van der Waals surface area contributed by atoms with Crippen LogP contribution in [0.15, 0.2) is 18.3 Å². The second-order valence-electron chi connectivity index (χ2n) is 6.07. The number of ether oxygens (including phenoxy) is 1. The maximum Gasteiger partial charge on any atom is 0.317 e. The first kappa shape index (κ1) is 17.4. The summed E-state index contributed by atoms with van der Waals surface area (Å²) in [6.07, 6.45) is 1.62. The molecule has 0 saturated carbocycles. The summed E-state index contributed by atoms with van der Waals surface area (Å²) in [6, 6.07) is 3.52. The maximum absolute atomic E-state index is 12.3. The third kappa shape index (κ3) is 3.83. The van der Waals surface area contributed by atoms with E-state index < -0.39 is 6.10 Å². The van der Waals surface area contributed by atoms with E-state index >= 15 is 0 Å². The van der Waals surface area contributed by atoms with Crippen LogP contribution in [-0.2, 0) is 24.9 Å². The first-order chi connectivity index (χ1) is 12.1. The molecule has 0 spiro atoms. The van der Waals surface area contributed by atoms with Crippen molar-refractivity contribution in [2.75, 3.05) is 26.8 Å². The minimum absolute atomic E-state index is 0.111. The molecule has 3 rings (SSSR count). The van der Waals surface area contributed by atoms with Gasteiger partial charge in [-0.15, -0.1) is 0 Å². The summed E-state index contributed by atoms with van der Waals surface area (Å²) >= 11 is 0. The number of rotatable bonds is 5. The van der Waals surface area contributed by atoms with Crippen molar-refractivity contribution < 1.29 is 14.6 Å². The van der Waals surface area contributed by atoms with Gasteiger partial charge in [0.1, 0.15) is 6.10 Å². The number of urea groups is 1. The van der Waals surface area contributed by atoms with Gasteiger partial charge in [-0.2, -0.15) is 10.2 Å². The summed E-state index contributed by atoms with van der Waals surface area (Å²) in [7, 11) is 3.39. The highest BCUT2D eigenvalue weighted by molar-refractivity contribution is 5.74. The average Bonchev–Trinajstić information content (AvgIpc) is 3.15. The second-order valence-corrected chi connectivity index (χ2v) is 6.07. The number of methoxy groups -OCH3 is 1. The quantitative estimate of drug-likeness (QED) is 0.756. The van der Waals surface area contributed by atoms with Crippen LogP contribution in [0, 0.1) is 0 Å². The fraction of sp³-hybridized carbons (Fsp3) is 0.562. The Bertz CT molecular complexity index is 725. The van der Waals surface area contributed by atoms with E-state index in [1.165, 1.54) is 0 Å². The Labute approximate surface area is 146 Å². The number of amides is 2. The number of fused-ring (bicyclic) bond motifs is 1. The van der Waals surface area contributed by atoms with Crippen LogP contribution >= 0.6 is 0 Å². The third-order valence-electron chi connectivity index (χ3n) is 4.32. The van der Waals surface area contributed by atoms with Crippen LogP contribution in [0.25, 0.3) is 0 Å². The smallest absolute Gasteiger partial charge is 0.317 e. The predicted octanol–water partition coefficient (Wildman–Crippen LogP) is 0.260. The number of hydrogen-bond acceptors (Lipinski definition) is 5. The summed E-state index contributed by atoms with van der Waals surface area (Å²) in [5.41, 5.74) is 2.17. The molecule has 0 radical (unpaired) electrons. The Morgan fingerprint density at radius 2 is 2.32 bits per heavy atom. The number of aromatic nitrogens is 4. The van der Waals surface area contributed by atoms with E-state index in [2.05, 4.69) is 15.5 Å². The molecular formula is C16H24N6O3. The summed E-state index contributed by atoms with van der Waals surface area (Å²) in [5.74, 6) is 0. The van der Waals surface area contributed by atoms with E-state index in [1.54, 1.807) is 36.0 Å². The van der Waals surface area contributed by atoms with E-state index in [4.69, 9.17) is 4.74 Å². The van der Waals surface area contributed by atoms with Gasteiger partial charge in [0.25, 0.3) is 0 Å². The largest absolute Gasteiger partial charge is 0.383 e. The standard InChI is InChI=1S/C16H24N6O3/c1-20-14(4-5-18-20)15(23)13-10-12-11-21(7-3-8-22(12)19-13)16(24)17-6-9-25-2/h4-5,10,15,23H,3,6-9,11H2,1-2H3,(H,17,24)/t15-/m1/s1. The molecule has 3 heterocycles. The van der Waals surface area contributed by atoms with Crippen molar-refractivity contribution in [2.24, 2.45) is 7.05 Å². The molecule has 2 aromatic heterocycles. The number of aliphatic hydroxyl groups excluding tert-OH is 1. The van der Waals surface area contributed by atoms with Crippen molar-refractivity contribution in [2.45, 2.75) is 25.6 Å². The molecule has 2 aromatic rings. The molecule has 9 nitrogen and oxygen atoms in total. The third-order valence-corrected chi connectivity index (χ3v) is 4.32. The molecule has 0 aromatic carbocycles. The van der Waals surface area contributed by atoms with E-state index in [1.807, 2.05) is 10.7 Å². The lowest BCUT2D eigenvalue weighted by molar-refractivity contribution is 0.178. The van der Waals surface area contributed by atoms with Crippen LogP contribution in [0.4, 0.5) is 4.79 Å². The minimum atomic E-state index is -0.837. The zero-order chi connectivity index (χ0) is 17.8. The zero-order valence-electron chi connectivity index (χ0n) is 14.6. The monoisotopic (exact) mass is 348 g/mol. The molecule has 2 N–H and O–H groups in total. The Kier molecular flexibility index (Phi) is 5.34. The summed E-state index contributed by atoms with van der Waals surface area (Å²) in [5, 5.41) is 22.0. The van der Waals surface area contributed by atoms with E-state index in [9.17, 15) is 9.90 Å². The van der Waals surface area contributed by atoms with Crippen LogP contribution in [0.5, 0.6) is 0 Å². The van der Waals surface area contributed by atoms with Gasteiger partial charge in [0.05, 0.1) is 30.2 Å². The van der Waals surface area contributed by atoms with E-state index in [-0.39, 0.29) is 6.03 Å². The van der Waals surface area contributed by atoms with Gasteiger partial charge in [-0.1, -0.05) is 0 Å². The number of nitrogens with zero attached hydrogens (tertiary/aromatic N) is 5. The van der Waals surface area contributed by atoms with Crippen molar-refractivity contribution in [3.63, 3.8) is 0 Å². The van der Waals surface area contributed by atoms with Gasteiger partial charge in [0.15, 0.2) is 0 Å². The number of aryl methyl sites for hydroxylation is 2. The first-order valence-corrected chi connectivity index (χ1v) is 8.34. The van der Waals surface area contributed by atoms with Gasteiger partial charge >= 0.3 is 6.03 Å². The molecule has 0 bridgehead atoms. The molecule has 0 aliphatic carbocycles. The second kappa shape index (κ2) is 7.66. The lowest BCUT2D eigenvalue weighted by atomic mass is 10.2. The zero-order valence-corrected chi connectivity index (χ0v) is 14.6. The van der Waals surface area contributed by atoms with Crippen LogP contribution in [-0.4, -0.2) is 62.4 Å². The van der Waals surface area contributed by atoms with Gasteiger partial charge in [0, 0.05) is 40.0 Å². The van der Waals surface area contributed by atoms with Crippen molar-refractivity contribution in [3.8, 4) is 0 Å². The normalized spacial score (nSPS) is 15.6. The van der Waals surface area contributed by atoms with Gasteiger partial charge < -0.3 is 20.1 Å². The lowest BCUT2D eigenvalue weighted by Gasteiger charge is -2.20. The highest BCUT2D eigenvalue weighted by Crippen LogP contribution is 2.23. The molecule has 25 heavy (non-hydrogen) atoms. The van der Waals surface area contributed by atoms with Crippen LogP contribution in [0.2, 0.25) is 0 Å². The maximum atomic E-state index is 12.3. The highest BCUT2D eigenvalue weighted by Gasteiger charge is 2.24. The van der Waals surface area contributed by atoms with Gasteiger partial charge in [-0.25, -0.2) is 4.79 Å². The van der Waals surface area contributed by atoms with Gasteiger partial charge in [-0.3, -0.25) is 9.36 Å². The Balaban J connectivity index is 1.72. The van der Waals surface area contributed by atoms with Crippen molar-refractivity contribution >= 4 is 6.03 Å². The number of carbonyl (C=O) groups excluding carboxylic acids is 1. The lowest BCUT2D eigenvalue weighted by Crippen LogP contribution is -2.40. The number of aliphatic hydroxyl groups is 1. The molecule has 1 aliphatic rings. The van der Waals surface area contributed by atoms with E-state index in [0.29, 0.717) is 37.6 Å². The predicted molar refractivity (Wildman–Crippen MR) is 89.8 cm³/mol. The topological polar surface area (TPSA) is 97.4 Å². The highest BCUT2D eigenvalue weighted by atomic mass is 16.5. The van der Waals surface area contributed by atoms with Crippen molar-refractivity contribution in [1.82, 2.24) is 29.8 Å². The summed E-state index contributed by atoms with van der Waals surface area (Å²) in [4.78, 5) is 14.0. The Morgan fingerprint density at radius 3 is 3.04 bits per heavy atom. The Hall–Kier alpha value is -2.39. The molecule has 1 aliphatic heterocycles. The molecule has 0 saturated heterocycles. The molecular weight excluding hydrogens is 324 g/mol. The molecule has 1 atom stereocenters. The molecule has 136 valence electrons. The minimum Gasteiger partial charge on any atom is -0.383 e. The van der Waals surface area contributed by atoms with Crippen molar-refractivity contribution in [1.29, 1.82) is 0 Å². The summed E-state index contributed by atoms with van der Waals surface area (Å²) in [6.45, 7) is 2.81. The van der Waals surface area contributed by atoms with Crippen LogP contribution in [0.3, 0.4) is 0 Å². The number of hydrogen-bond donors (Lipinski definition) is 2.